The van der Waals surface area contributed by atoms with E-state index in [-0.39, 0.29) is 18.9 Å². The zero-order valence-electron chi connectivity index (χ0n) is 31.9. The highest BCUT2D eigenvalue weighted by molar-refractivity contribution is 14.1. The van der Waals surface area contributed by atoms with Gasteiger partial charge in [0.1, 0.15) is 30.5 Å². The van der Waals surface area contributed by atoms with Crippen molar-refractivity contribution in [1.82, 2.24) is 5.32 Å². The highest BCUT2D eigenvalue weighted by atomic mass is 127. The molecule has 1 saturated heterocycles. The number of carbonyl (C=O) groups is 1. The van der Waals surface area contributed by atoms with E-state index in [4.69, 9.17) is 9.47 Å². The Morgan fingerprint density at radius 2 is 1.27 bits per heavy atom. The second-order valence-electron chi connectivity index (χ2n) is 14.9. The molecule has 11 heteroatoms. The van der Waals surface area contributed by atoms with Crippen molar-refractivity contribution >= 4 is 28.5 Å². The number of rotatable bonds is 31. The van der Waals surface area contributed by atoms with Gasteiger partial charge in [0.15, 0.2) is 6.29 Å². The average Bonchev–Trinajstić information content (AvgIpc) is 3.14. The number of amides is 1. The zero-order chi connectivity index (χ0) is 38.0. The minimum atomic E-state index is -1.61. The molecule has 1 fully saturated rings. The second kappa shape index (κ2) is 29.4. The number of benzene rings is 1. The summed E-state index contributed by atoms with van der Waals surface area (Å²) in [6.45, 7) is 1.33. The quantitative estimate of drug-likeness (QED) is 0.0328. The van der Waals surface area contributed by atoms with E-state index in [0.717, 1.165) is 51.4 Å². The van der Waals surface area contributed by atoms with Crippen molar-refractivity contribution in [2.45, 2.75) is 204 Å². The highest BCUT2D eigenvalue weighted by Gasteiger charge is 2.44. The van der Waals surface area contributed by atoms with Crippen molar-refractivity contribution in [3.63, 3.8) is 0 Å². The van der Waals surface area contributed by atoms with Gasteiger partial charge in [-0.2, -0.15) is 0 Å². The molecular weight excluding hydrogens is 777 g/mol. The summed E-state index contributed by atoms with van der Waals surface area (Å²) < 4.78 is 12.4. The first-order valence-electron chi connectivity index (χ1n) is 20.5. The Kier molecular flexibility index (Phi) is 26.7. The van der Waals surface area contributed by atoms with E-state index in [1.165, 1.54) is 86.2 Å². The largest absolute Gasteiger partial charge is 0.394 e. The third-order valence-corrected chi connectivity index (χ3v) is 11.0. The summed E-state index contributed by atoms with van der Waals surface area (Å²) in [7, 11) is 0. The fourth-order valence-electron chi connectivity index (χ4n) is 6.87. The molecule has 0 bridgehead atoms. The fourth-order valence-corrected chi connectivity index (χ4v) is 7.23. The Hall–Kier alpha value is -0.900. The molecule has 10 nitrogen and oxygen atoms in total. The smallest absolute Gasteiger partial charge is 0.220 e. The molecule has 0 spiro atoms. The minimum absolute atomic E-state index is 0.269. The third-order valence-electron chi connectivity index (χ3n) is 10.3. The zero-order valence-corrected chi connectivity index (χ0v) is 34.0. The number of hydrogen-bond donors (Lipinski definition) is 7. The number of unbranched alkanes of at least 4 members (excludes halogenated alkanes) is 18. The molecule has 302 valence electrons. The lowest BCUT2D eigenvalue weighted by atomic mass is 9.98. The number of aliphatic hydroxyl groups excluding tert-OH is 6. The monoisotopic (exact) mass is 849 g/mol. The van der Waals surface area contributed by atoms with Gasteiger partial charge in [0.2, 0.25) is 5.91 Å². The Morgan fingerprint density at radius 1 is 0.750 bits per heavy atom. The summed E-state index contributed by atoms with van der Waals surface area (Å²) in [6.07, 6.45) is 15.0. The molecule has 7 N–H and O–H groups in total. The van der Waals surface area contributed by atoms with Gasteiger partial charge in [-0.3, -0.25) is 4.79 Å². The number of halogens is 1. The Morgan fingerprint density at radius 3 is 1.83 bits per heavy atom. The molecule has 0 aromatic heterocycles. The van der Waals surface area contributed by atoms with Gasteiger partial charge < -0.3 is 45.4 Å². The van der Waals surface area contributed by atoms with Crippen molar-refractivity contribution in [2.75, 3.05) is 13.2 Å². The van der Waals surface area contributed by atoms with E-state index < -0.39 is 55.6 Å². The fraction of sp³-hybridized carbons (Fsp3) is 0.829. The number of hydrogen-bond acceptors (Lipinski definition) is 9. The molecule has 5 unspecified atom stereocenters. The van der Waals surface area contributed by atoms with Crippen LogP contribution in [0.4, 0.5) is 0 Å². The van der Waals surface area contributed by atoms with Crippen LogP contribution < -0.4 is 5.32 Å². The topological polar surface area (TPSA) is 169 Å². The van der Waals surface area contributed by atoms with Crippen molar-refractivity contribution in [3.05, 3.63) is 33.4 Å². The van der Waals surface area contributed by atoms with E-state index >= 15 is 0 Å². The molecule has 1 aliphatic rings. The summed E-state index contributed by atoms with van der Waals surface area (Å²) in [4.78, 5) is 13.0. The maximum absolute atomic E-state index is 13.0. The van der Waals surface area contributed by atoms with Crippen molar-refractivity contribution in [1.29, 1.82) is 0 Å². The molecule has 0 saturated carbocycles. The van der Waals surface area contributed by atoms with E-state index in [2.05, 4.69) is 59.1 Å². The molecule has 1 aliphatic heterocycles. The lowest BCUT2D eigenvalue weighted by Gasteiger charge is -2.40. The van der Waals surface area contributed by atoms with Gasteiger partial charge in [-0.25, -0.2) is 0 Å². The summed E-state index contributed by atoms with van der Waals surface area (Å²) in [5, 5.41) is 65.0. The predicted molar refractivity (Wildman–Crippen MR) is 214 cm³/mol. The van der Waals surface area contributed by atoms with Crippen LogP contribution in [0.25, 0.3) is 0 Å². The number of nitrogens with one attached hydrogen (secondary N) is 1. The molecule has 52 heavy (non-hydrogen) atoms. The average molecular weight is 850 g/mol. The minimum Gasteiger partial charge on any atom is -0.394 e. The molecule has 1 heterocycles. The van der Waals surface area contributed by atoms with Crippen LogP contribution in [0.1, 0.15) is 154 Å². The maximum atomic E-state index is 13.0. The molecule has 1 aromatic rings. The molecule has 8 atom stereocenters. The Balaban J connectivity index is 1.72. The van der Waals surface area contributed by atoms with Crippen LogP contribution in [0.15, 0.2) is 24.3 Å². The number of ether oxygens (including phenoxy) is 2. The molecule has 1 aromatic carbocycles. The predicted octanol–water partition coefficient (Wildman–Crippen LogP) is 6.46. The molecule has 2 rings (SSSR count). The van der Waals surface area contributed by atoms with Gasteiger partial charge in [0.05, 0.1) is 25.4 Å². The van der Waals surface area contributed by atoms with Crippen molar-refractivity contribution in [2.24, 2.45) is 0 Å². The van der Waals surface area contributed by atoms with E-state index in [1.807, 2.05) is 0 Å². The summed E-state index contributed by atoms with van der Waals surface area (Å²) in [6, 6.07) is 7.72. The van der Waals surface area contributed by atoms with Crippen LogP contribution in [0.3, 0.4) is 0 Å². The highest BCUT2D eigenvalue weighted by Crippen LogP contribution is 2.23. The van der Waals surface area contributed by atoms with Crippen molar-refractivity contribution in [3.8, 4) is 0 Å². The number of aliphatic hydroxyl groups is 6. The second-order valence-corrected chi connectivity index (χ2v) is 16.1. The van der Waals surface area contributed by atoms with Crippen LogP contribution in [0, 0.1) is 3.57 Å². The Labute approximate surface area is 327 Å². The van der Waals surface area contributed by atoms with Gasteiger partial charge in [0.25, 0.3) is 0 Å². The summed E-state index contributed by atoms with van der Waals surface area (Å²) in [5.74, 6) is -0.269. The molecular formula is C41H72INO9. The SMILES string of the molecule is CCCCCCCCCCCCCC[C@@H](O)[C@@H](O)[C@H](COC1OC(CO)C(O)C(O)C1O)NC(=O)CCCCCCCCCCc1ccc(I)cc1. The van der Waals surface area contributed by atoms with Crippen LogP contribution in [0.2, 0.25) is 0 Å². The van der Waals surface area contributed by atoms with Gasteiger partial charge in [0, 0.05) is 9.99 Å². The molecule has 1 amide bonds. The standard InChI is InChI=1S/C41H72INO9/c1-2-3-4-5-6-7-8-9-10-14-17-20-23-34(45)37(47)33(30-51-41-40(50)39(49)38(48)35(29-44)52-41)43-36(46)24-21-18-15-12-11-13-16-19-22-31-25-27-32(42)28-26-31/h25-28,33-35,37-41,44-45,47-50H,2-24,29-30H2,1H3,(H,43,46)/t33-,34+,35?,37-,38?,39?,40?,41?/m0/s1. The first-order valence-corrected chi connectivity index (χ1v) is 21.6. The van der Waals surface area contributed by atoms with Gasteiger partial charge >= 0.3 is 0 Å². The van der Waals surface area contributed by atoms with Crippen LogP contribution in [-0.2, 0) is 20.7 Å². The number of carbonyl (C=O) groups excluding carboxylic acids is 1. The van der Waals surface area contributed by atoms with Crippen molar-refractivity contribution < 1.29 is 44.9 Å². The van der Waals surface area contributed by atoms with Gasteiger partial charge in [-0.05, 0) is 66.0 Å². The van der Waals surface area contributed by atoms with Crippen LogP contribution in [0.5, 0.6) is 0 Å². The summed E-state index contributed by atoms with van der Waals surface area (Å²) >= 11 is 2.33. The third kappa shape index (κ3) is 20.1. The lowest BCUT2D eigenvalue weighted by molar-refractivity contribution is -0.303. The summed E-state index contributed by atoms with van der Waals surface area (Å²) in [5.41, 5.74) is 1.39. The maximum Gasteiger partial charge on any atom is 0.220 e. The van der Waals surface area contributed by atoms with E-state index in [1.54, 1.807) is 0 Å². The first kappa shape index (κ1) is 47.3. The van der Waals surface area contributed by atoms with E-state index in [9.17, 15) is 35.4 Å². The first-order chi connectivity index (χ1) is 25.2. The van der Waals surface area contributed by atoms with Gasteiger partial charge in [-0.1, -0.05) is 135 Å². The molecule has 0 radical (unpaired) electrons. The molecule has 0 aliphatic carbocycles. The Bertz CT molecular complexity index is 1020. The van der Waals surface area contributed by atoms with Crippen LogP contribution in [-0.4, -0.2) is 98.7 Å². The normalized spacial score (nSPS) is 22.3. The van der Waals surface area contributed by atoms with Crippen LogP contribution >= 0.6 is 22.6 Å². The number of aryl methyl sites for hydroxylation is 1. The lowest BCUT2D eigenvalue weighted by Crippen LogP contribution is -2.60. The van der Waals surface area contributed by atoms with E-state index in [0.29, 0.717) is 12.8 Å². The van der Waals surface area contributed by atoms with Gasteiger partial charge in [-0.15, -0.1) is 0 Å².